The molecule has 0 aliphatic carbocycles. The van der Waals surface area contributed by atoms with E-state index in [-0.39, 0.29) is 17.3 Å². The van der Waals surface area contributed by atoms with Gasteiger partial charge in [0, 0.05) is 28.2 Å². The van der Waals surface area contributed by atoms with E-state index in [4.69, 9.17) is 4.52 Å². The van der Waals surface area contributed by atoms with E-state index in [1.54, 1.807) is 24.4 Å². The van der Waals surface area contributed by atoms with Gasteiger partial charge < -0.3 is 14.2 Å². The number of benzene rings is 2. The number of aromatic amines is 1. The van der Waals surface area contributed by atoms with Crippen LogP contribution in [0.25, 0.3) is 33.7 Å². The number of hydrogen-bond acceptors (Lipinski definition) is 4. The third-order valence-corrected chi connectivity index (χ3v) is 4.19. The quantitative estimate of drug-likeness (QED) is 0.416. The zero-order valence-corrected chi connectivity index (χ0v) is 14.8. The molecule has 0 spiro atoms. The number of halogens is 6. The molecule has 0 fully saturated rings. The van der Waals surface area contributed by atoms with Gasteiger partial charge in [-0.05, 0) is 30.3 Å². The molecule has 5 nitrogen and oxygen atoms in total. The molecule has 0 saturated heterocycles. The van der Waals surface area contributed by atoms with Gasteiger partial charge in [0.25, 0.3) is 5.89 Å². The normalized spacial score (nSPS) is 12.5. The van der Waals surface area contributed by atoms with Crippen LogP contribution < -0.4 is 4.74 Å². The van der Waals surface area contributed by atoms with Gasteiger partial charge in [-0.1, -0.05) is 17.3 Å². The number of ether oxygens (including phenoxy) is 1. The van der Waals surface area contributed by atoms with E-state index in [1.807, 2.05) is 6.07 Å². The van der Waals surface area contributed by atoms with Crippen molar-refractivity contribution in [3.63, 3.8) is 0 Å². The van der Waals surface area contributed by atoms with E-state index in [0.29, 0.717) is 11.6 Å². The molecule has 4 rings (SSSR count). The highest BCUT2D eigenvalue weighted by Crippen LogP contribution is 2.39. The number of alkyl halides is 6. The van der Waals surface area contributed by atoms with Gasteiger partial charge in [-0.2, -0.15) is 31.3 Å². The van der Waals surface area contributed by atoms with Crippen LogP contribution >= 0.6 is 0 Å². The summed E-state index contributed by atoms with van der Waals surface area (Å²) in [5, 5.41) is 4.60. The monoisotopic (exact) mass is 427 g/mol. The lowest BCUT2D eigenvalue weighted by atomic mass is 10.1. The number of hydrogen-bond donors (Lipinski definition) is 1. The van der Waals surface area contributed by atoms with Gasteiger partial charge in [-0.25, -0.2) is 0 Å². The second-order valence-electron chi connectivity index (χ2n) is 6.28. The highest BCUT2D eigenvalue weighted by atomic mass is 19.4. The van der Waals surface area contributed by atoms with E-state index in [1.165, 1.54) is 0 Å². The molecule has 2 heterocycles. The molecule has 2 aromatic heterocycles. The fourth-order valence-corrected chi connectivity index (χ4v) is 2.90. The van der Waals surface area contributed by atoms with Gasteiger partial charge in [-0.3, -0.25) is 0 Å². The van der Waals surface area contributed by atoms with Crippen LogP contribution in [-0.4, -0.2) is 27.9 Å². The highest BCUT2D eigenvalue weighted by Gasteiger charge is 2.37. The topological polar surface area (TPSA) is 63.9 Å². The fourth-order valence-electron chi connectivity index (χ4n) is 2.90. The number of aromatic nitrogens is 3. The molecule has 0 bridgehead atoms. The third kappa shape index (κ3) is 3.95. The molecule has 0 aliphatic heterocycles. The maximum absolute atomic E-state index is 13.3. The van der Waals surface area contributed by atoms with Crippen molar-refractivity contribution in [1.82, 2.24) is 15.1 Å². The summed E-state index contributed by atoms with van der Waals surface area (Å²) in [6, 6.07) is 9.61. The molecule has 4 aromatic rings. The molecule has 2 aromatic carbocycles. The first-order valence-corrected chi connectivity index (χ1v) is 8.43. The Hall–Kier alpha value is -3.50. The summed E-state index contributed by atoms with van der Waals surface area (Å²) in [6.45, 7) is -1.85. The Balaban J connectivity index is 1.70. The smallest absolute Gasteiger partial charge is 0.422 e. The van der Waals surface area contributed by atoms with E-state index in [0.717, 1.165) is 23.0 Å². The third-order valence-electron chi connectivity index (χ3n) is 4.19. The van der Waals surface area contributed by atoms with Gasteiger partial charge in [-0.15, -0.1) is 0 Å². The van der Waals surface area contributed by atoms with Crippen LogP contribution in [0, 0.1) is 0 Å². The van der Waals surface area contributed by atoms with Crippen molar-refractivity contribution >= 4 is 10.9 Å². The summed E-state index contributed by atoms with van der Waals surface area (Å²) in [5.41, 5.74) is -0.0762. The molecule has 0 aliphatic rings. The van der Waals surface area contributed by atoms with E-state index >= 15 is 0 Å². The summed E-state index contributed by atoms with van der Waals surface area (Å²) < 4.78 is 86.4. The lowest BCUT2D eigenvalue weighted by molar-refractivity contribution is -0.158. The Morgan fingerprint density at radius 1 is 1.00 bits per heavy atom. The van der Waals surface area contributed by atoms with E-state index < -0.39 is 30.3 Å². The molecule has 11 heteroatoms. The number of nitrogens with zero attached hydrogens (tertiary/aromatic N) is 2. The number of H-pyrrole nitrogens is 1. The molecular weight excluding hydrogens is 416 g/mol. The molecule has 0 radical (unpaired) electrons. The average Bonchev–Trinajstić information content (AvgIpc) is 3.34. The first-order valence-electron chi connectivity index (χ1n) is 8.43. The van der Waals surface area contributed by atoms with Gasteiger partial charge in [0.15, 0.2) is 6.61 Å². The molecular formula is C19H11F6N3O2. The Morgan fingerprint density at radius 3 is 2.53 bits per heavy atom. The second-order valence-corrected chi connectivity index (χ2v) is 6.28. The molecule has 156 valence electrons. The summed E-state index contributed by atoms with van der Waals surface area (Å²) in [5.74, 6) is -1.01. The Morgan fingerprint density at radius 2 is 1.80 bits per heavy atom. The second kappa shape index (κ2) is 7.08. The number of fused-ring (bicyclic) bond motifs is 1. The minimum atomic E-state index is -4.95. The highest BCUT2D eigenvalue weighted by molar-refractivity contribution is 5.93. The van der Waals surface area contributed by atoms with Crippen molar-refractivity contribution in [3.8, 4) is 28.6 Å². The van der Waals surface area contributed by atoms with Gasteiger partial charge in [0.05, 0.1) is 5.56 Å². The Kier molecular flexibility index (Phi) is 4.67. The van der Waals surface area contributed by atoms with E-state index in [2.05, 4.69) is 19.9 Å². The molecule has 0 amide bonds. The molecule has 0 saturated carbocycles. The predicted molar refractivity (Wildman–Crippen MR) is 93.6 cm³/mol. The summed E-state index contributed by atoms with van der Waals surface area (Å²) in [7, 11) is 0. The van der Waals surface area contributed by atoms with Gasteiger partial charge >= 0.3 is 12.4 Å². The van der Waals surface area contributed by atoms with Crippen molar-refractivity contribution in [1.29, 1.82) is 0 Å². The van der Waals surface area contributed by atoms with Crippen molar-refractivity contribution in [2.75, 3.05) is 6.61 Å². The number of nitrogens with one attached hydrogen (secondary N) is 1. The van der Waals surface area contributed by atoms with Crippen LogP contribution in [-0.2, 0) is 6.18 Å². The SMILES string of the molecule is FC(F)(F)COc1ccc(-c2nc(-c3cccc4[nH]ccc34)no2)cc1C(F)(F)F. The van der Waals surface area contributed by atoms with Gasteiger partial charge in [0.2, 0.25) is 5.82 Å². The Labute approximate surface area is 164 Å². The molecule has 1 N–H and O–H groups in total. The van der Waals surface area contributed by atoms with Crippen LogP contribution in [0.5, 0.6) is 5.75 Å². The van der Waals surface area contributed by atoms with Crippen LogP contribution in [0.15, 0.2) is 53.2 Å². The molecule has 30 heavy (non-hydrogen) atoms. The standard InChI is InChI=1S/C19H11F6N3O2/c20-18(21,22)9-29-15-5-4-10(8-13(15)19(23,24)25)17-27-16(28-30-17)12-2-1-3-14-11(12)6-7-26-14/h1-8,26H,9H2. The maximum atomic E-state index is 13.3. The zero-order valence-electron chi connectivity index (χ0n) is 14.8. The first kappa shape index (κ1) is 19.8. The minimum Gasteiger partial charge on any atom is -0.483 e. The zero-order chi connectivity index (χ0) is 21.5. The van der Waals surface area contributed by atoms with Crippen molar-refractivity contribution in [2.45, 2.75) is 12.4 Å². The van der Waals surface area contributed by atoms with Crippen molar-refractivity contribution < 1.29 is 35.6 Å². The lowest BCUT2D eigenvalue weighted by Gasteiger charge is -2.15. The summed E-state index contributed by atoms with van der Waals surface area (Å²) >= 11 is 0. The van der Waals surface area contributed by atoms with Crippen LogP contribution in [0.2, 0.25) is 0 Å². The first-order chi connectivity index (χ1) is 14.1. The largest absolute Gasteiger partial charge is 0.483 e. The van der Waals surface area contributed by atoms with E-state index in [9.17, 15) is 26.3 Å². The van der Waals surface area contributed by atoms with Crippen LogP contribution in [0.1, 0.15) is 5.56 Å². The number of rotatable bonds is 4. The lowest BCUT2D eigenvalue weighted by Crippen LogP contribution is -2.20. The predicted octanol–water partition coefficient (Wildman–Crippen LogP) is 5.84. The molecule has 0 unspecified atom stereocenters. The summed E-state index contributed by atoms with van der Waals surface area (Å²) in [4.78, 5) is 7.15. The Bertz CT molecular complexity index is 1190. The maximum Gasteiger partial charge on any atom is 0.422 e. The molecule has 0 atom stereocenters. The van der Waals surface area contributed by atoms with Crippen LogP contribution in [0.4, 0.5) is 26.3 Å². The van der Waals surface area contributed by atoms with Gasteiger partial charge in [0.1, 0.15) is 5.75 Å². The summed E-state index contributed by atoms with van der Waals surface area (Å²) in [6.07, 6.45) is -8.01. The average molecular weight is 427 g/mol. The van der Waals surface area contributed by atoms with Crippen LogP contribution in [0.3, 0.4) is 0 Å². The van der Waals surface area contributed by atoms with Crippen molar-refractivity contribution in [3.05, 3.63) is 54.2 Å². The minimum absolute atomic E-state index is 0.110. The fraction of sp³-hybridized carbons (Fsp3) is 0.158. The van der Waals surface area contributed by atoms with Crippen molar-refractivity contribution in [2.24, 2.45) is 0 Å².